The predicted molar refractivity (Wildman–Crippen MR) is 65.8 cm³/mol. The first-order valence-electron chi connectivity index (χ1n) is 5.54. The molecule has 4 nitrogen and oxygen atoms in total. The van der Waals surface area contributed by atoms with Crippen molar-refractivity contribution in [3.8, 4) is 0 Å². The van der Waals surface area contributed by atoms with E-state index in [1.165, 1.54) is 0 Å². The second-order valence-corrected chi connectivity index (χ2v) is 6.03. The topological polar surface area (TPSA) is 38.8 Å². The fourth-order valence-electron chi connectivity index (χ4n) is 1.30. The summed E-state index contributed by atoms with van der Waals surface area (Å²) in [6.45, 7) is 8.06. The summed E-state index contributed by atoms with van der Waals surface area (Å²) in [4.78, 5) is 13.6. The maximum absolute atomic E-state index is 11.6. The van der Waals surface area contributed by atoms with Crippen molar-refractivity contribution in [3.63, 3.8) is 0 Å². The van der Waals surface area contributed by atoms with Crippen LogP contribution in [0.3, 0.4) is 0 Å². The SMILES string of the molecule is CSC(C)(C)COC(=O)CN1CCOCC1. The van der Waals surface area contributed by atoms with Crippen molar-refractivity contribution in [2.75, 3.05) is 45.7 Å². The Labute approximate surface area is 102 Å². The van der Waals surface area contributed by atoms with Crippen molar-refractivity contribution in [2.24, 2.45) is 0 Å². The lowest BCUT2D eigenvalue weighted by Crippen LogP contribution is -2.40. The van der Waals surface area contributed by atoms with Gasteiger partial charge in [-0.3, -0.25) is 9.69 Å². The Balaban J connectivity index is 2.19. The molecule has 0 spiro atoms. The maximum atomic E-state index is 11.6. The molecule has 0 saturated carbocycles. The smallest absolute Gasteiger partial charge is 0.320 e. The van der Waals surface area contributed by atoms with Gasteiger partial charge in [0.1, 0.15) is 6.61 Å². The van der Waals surface area contributed by atoms with Crippen LogP contribution in [0.25, 0.3) is 0 Å². The van der Waals surface area contributed by atoms with Gasteiger partial charge in [0.15, 0.2) is 0 Å². The van der Waals surface area contributed by atoms with E-state index in [0.29, 0.717) is 26.4 Å². The number of esters is 1. The van der Waals surface area contributed by atoms with Gasteiger partial charge in [0.2, 0.25) is 0 Å². The van der Waals surface area contributed by atoms with Gasteiger partial charge in [0, 0.05) is 17.8 Å². The van der Waals surface area contributed by atoms with Crippen molar-refractivity contribution in [2.45, 2.75) is 18.6 Å². The summed E-state index contributed by atoms with van der Waals surface area (Å²) in [6.07, 6.45) is 2.02. The fraction of sp³-hybridized carbons (Fsp3) is 0.909. The molecule has 0 bridgehead atoms. The molecule has 1 heterocycles. The Kier molecular flexibility index (Phi) is 5.58. The van der Waals surface area contributed by atoms with Gasteiger partial charge in [-0.05, 0) is 20.1 Å². The monoisotopic (exact) mass is 247 g/mol. The average Bonchev–Trinajstić information content (AvgIpc) is 2.28. The lowest BCUT2D eigenvalue weighted by Gasteiger charge is -2.26. The van der Waals surface area contributed by atoms with E-state index in [0.717, 1.165) is 13.1 Å². The summed E-state index contributed by atoms with van der Waals surface area (Å²) in [5.74, 6) is -0.135. The number of rotatable bonds is 5. The van der Waals surface area contributed by atoms with E-state index in [1.807, 2.05) is 6.26 Å². The van der Waals surface area contributed by atoms with E-state index in [2.05, 4.69) is 18.7 Å². The molecule has 0 aromatic heterocycles. The number of carbonyl (C=O) groups is 1. The van der Waals surface area contributed by atoms with Crippen molar-refractivity contribution >= 4 is 17.7 Å². The van der Waals surface area contributed by atoms with E-state index < -0.39 is 0 Å². The summed E-state index contributed by atoms with van der Waals surface area (Å²) in [5.41, 5.74) is 0. The molecule has 94 valence electrons. The highest BCUT2D eigenvalue weighted by molar-refractivity contribution is 7.99. The third kappa shape index (κ3) is 5.18. The van der Waals surface area contributed by atoms with Gasteiger partial charge in [0.25, 0.3) is 0 Å². The lowest BCUT2D eigenvalue weighted by atomic mass is 10.2. The van der Waals surface area contributed by atoms with Gasteiger partial charge >= 0.3 is 5.97 Å². The zero-order valence-corrected chi connectivity index (χ0v) is 11.1. The molecular formula is C11H21NO3S. The quantitative estimate of drug-likeness (QED) is 0.678. The third-order valence-corrected chi connectivity index (χ3v) is 3.81. The second kappa shape index (κ2) is 6.47. The molecule has 1 saturated heterocycles. The Bertz CT molecular complexity index is 227. The normalized spacial score (nSPS) is 18.4. The van der Waals surface area contributed by atoms with Crippen LogP contribution in [0.2, 0.25) is 0 Å². The number of hydrogen-bond donors (Lipinski definition) is 0. The molecule has 0 amide bonds. The zero-order chi connectivity index (χ0) is 12.0. The minimum Gasteiger partial charge on any atom is -0.463 e. The van der Waals surface area contributed by atoms with E-state index in [4.69, 9.17) is 9.47 Å². The van der Waals surface area contributed by atoms with Crippen LogP contribution < -0.4 is 0 Å². The molecule has 1 aliphatic rings. The van der Waals surface area contributed by atoms with Crippen LogP contribution in [-0.4, -0.2) is 61.3 Å². The molecule has 1 rings (SSSR count). The van der Waals surface area contributed by atoms with E-state index in [1.54, 1.807) is 11.8 Å². The van der Waals surface area contributed by atoms with E-state index in [-0.39, 0.29) is 10.7 Å². The maximum Gasteiger partial charge on any atom is 0.320 e. The number of hydrogen-bond acceptors (Lipinski definition) is 5. The Morgan fingerprint density at radius 3 is 2.62 bits per heavy atom. The minimum atomic E-state index is -0.135. The van der Waals surface area contributed by atoms with Crippen molar-refractivity contribution < 1.29 is 14.3 Å². The molecule has 0 atom stereocenters. The van der Waals surface area contributed by atoms with Crippen molar-refractivity contribution in [3.05, 3.63) is 0 Å². The molecule has 0 aliphatic carbocycles. The Morgan fingerprint density at radius 2 is 2.06 bits per heavy atom. The summed E-state index contributed by atoms with van der Waals surface area (Å²) in [7, 11) is 0. The molecule has 1 fully saturated rings. The number of carbonyl (C=O) groups excluding carboxylic acids is 1. The first-order valence-corrected chi connectivity index (χ1v) is 6.77. The van der Waals surface area contributed by atoms with E-state index >= 15 is 0 Å². The molecule has 5 heteroatoms. The molecule has 0 N–H and O–H groups in total. The highest BCUT2D eigenvalue weighted by Crippen LogP contribution is 2.21. The average molecular weight is 247 g/mol. The highest BCUT2D eigenvalue weighted by atomic mass is 32.2. The van der Waals surface area contributed by atoms with Gasteiger partial charge in [0.05, 0.1) is 19.8 Å². The first-order chi connectivity index (χ1) is 7.53. The standard InChI is InChI=1S/C11H21NO3S/c1-11(2,16-3)9-15-10(13)8-12-4-6-14-7-5-12/h4-9H2,1-3H3. The summed E-state index contributed by atoms with van der Waals surface area (Å²) < 4.78 is 10.5. The number of nitrogens with zero attached hydrogens (tertiary/aromatic N) is 1. The van der Waals surface area contributed by atoms with Crippen molar-refractivity contribution in [1.29, 1.82) is 0 Å². The van der Waals surface area contributed by atoms with E-state index in [9.17, 15) is 4.79 Å². The van der Waals surface area contributed by atoms with Crippen LogP contribution in [0.5, 0.6) is 0 Å². The largest absolute Gasteiger partial charge is 0.463 e. The predicted octanol–water partition coefficient (Wildman–Crippen LogP) is 1.00. The Hall–Kier alpha value is -0.260. The number of ether oxygens (including phenoxy) is 2. The summed E-state index contributed by atoms with van der Waals surface area (Å²) in [5, 5.41) is 0. The van der Waals surface area contributed by atoms with Crippen LogP contribution in [0.1, 0.15) is 13.8 Å². The fourth-order valence-corrected chi connectivity index (χ4v) is 1.48. The van der Waals surface area contributed by atoms with Crippen LogP contribution in [0, 0.1) is 0 Å². The molecular weight excluding hydrogens is 226 g/mol. The van der Waals surface area contributed by atoms with Gasteiger partial charge in [-0.2, -0.15) is 11.8 Å². The molecule has 1 aliphatic heterocycles. The van der Waals surface area contributed by atoms with Gasteiger partial charge < -0.3 is 9.47 Å². The molecule has 16 heavy (non-hydrogen) atoms. The highest BCUT2D eigenvalue weighted by Gasteiger charge is 2.20. The first kappa shape index (κ1) is 13.8. The van der Waals surface area contributed by atoms with Crippen LogP contribution in [0.4, 0.5) is 0 Å². The molecule has 0 aromatic carbocycles. The molecule has 0 aromatic rings. The second-order valence-electron chi connectivity index (χ2n) is 4.51. The lowest BCUT2D eigenvalue weighted by molar-refractivity contribution is -0.146. The summed E-state index contributed by atoms with van der Waals surface area (Å²) >= 11 is 1.70. The van der Waals surface area contributed by atoms with Gasteiger partial charge in [-0.15, -0.1) is 0 Å². The van der Waals surface area contributed by atoms with Gasteiger partial charge in [-0.25, -0.2) is 0 Å². The van der Waals surface area contributed by atoms with Crippen LogP contribution in [0.15, 0.2) is 0 Å². The zero-order valence-electron chi connectivity index (χ0n) is 10.3. The Morgan fingerprint density at radius 1 is 1.44 bits per heavy atom. The number of thioether (sulfide) groups is 1. The minimum absolute atomic E-state index is 0.000664. The summed E-state index contributed by atoms with van der Waals surface area (Å²) in [6, 6.07) is 0. The molecule has 0 unspecified atom stereocenters. The number of morpholine rings is 1. The molecule has 0 radical (unpaired) electrons. The van der Waals surface area contributed by atoms with Crippen LogP contribution in [-0.2, 0) is 14.3 Å². The third-order valence-electron chi connectivity index (χ3n) is 2.59. The van der Waals surface area contributed by atoms with Crippen LogP contribution >= 0.6 is 11.8 Å². The van der Waals surface area contributed by atoms with Crippen molar-refractivity contribution in [1.82, 2.24) is 4.90 Å². The van der Waals surface area contributed by atoms with Gasteiger partial charge in [-0.1, -0.05) is 0 Å².